The molecule has 0 saturated carbocycles. The first-order valence-corrected chi connectivity index (χ1v) is 9.42. The number of hydrogen-bond donors (Lipinski definition) is 1. The second-order valence-electron chi connectivity index (χ2n) is 6.63. The monoisotopic (exact) mass is 410 g/mol. The van der Waals surface area contributed by atoms with Crippen LogP contribution in [0.4, 0.5) is 0 Å². The lowest BCUT2D eigenvalue weighted by Gasteiger charge is -2.06. The molecule has 0 spiro atoms. The molecule has 0 bridgehead atoms. The fraction of sp³-hybridized carbons (Fsp3) is 0.273. The number of nitrogens with zero attached hydrogens (tertiary/aromatic N) is 1. The van der Waals surface area contributed by atoms with Crippen molar-refractivity contribution in [3.05, 3.63) is 64.3 Å². The normalized spacial score (nSPS) is 10.7. The number of ketones is 1. The third-order valence-electron chi connectivity index (χ3n) is 4.48. The maximum Gasteiger partial charge on any atom is 0.361 e. The number of aromatic nitrogens is 2. The zero-order valence-corrected chi connectivity index (χ0v) is 17.2. The summed E-state index contributed by atoms with van der Waals surface area (Å²) in [5, 5.41) is 0. The second-order valence-corrected chi connectivity index (χ2v) is 6.63. The van der Waals surface area contributed by atoms with E-state index in [4.69, 9.17) is 13.9 Å². The summed E-state index contributed by atoms with van der Waals surface area (Å²) in [7, 11) is 0. The number of H-pyrrole nitrogens is 1. The topological polar surface area (TPSA) is 111 Å². The Kier molecular flexibility index (Phi) is 6.15. The van der Waals surface area contributed by atoms with Gasteiger partial charge in [0.05, 0.1) is 17.7 Å². The molecule has 0 atom stereocenters. The van der Waals surface area contributed by atoms with Crippen LogP contribution in [0.3, 0.4) is 0 Å². The van der Waals surface area contributed by atoms with Gasteiger partial charge in [0.25, 0.3) is 0 Å². The predicted octanol–water partition coefficient (Wildman–Crippen LogP) is 3.81. The number of carbonyl (C=O) groups excluding carboxylic acids is 3. The van der Waals surface area contributed by atoms with Crippen molar-refractivity contribution in [3.8, 4) is 11.5 Å². The van der Waals surface area contributed by atoms with Crippen LogP contribution in [0.15, 0.2) is 34.7 Å². The van der Waals surface area contributed by atoms with Crippen molar-refractivity contribution >= 4 is 17.7 Å². The highest BCUT2D eigenvalue weighted by Crippen LogP contribution is 2.23. The molecule has 156 valence electrons. The number of esters is 2. The molecule has 1 aromatic carbocycles. The smallest absolute Gasteiger partial charge is 0.361 e. The molecular weight excluding hydrogens is 388 g/mol. The van der Waals surface area contributed by atoms with Crippen molar-refractivity contribution in [2.24, 2.45) is 0 Å². The lowest BCUT2D eigenvalue weighted by Crippen LogP contribution is -2.18. The first-order chi connectivity index (χ1) is 14.3. The molecule has 3 rings (SSSR count). The number of hydrogen-bond acceptors (Lipinski definition) is 7. The molecule has 2 aromatic heterocycles. The number of aryl methyl sites for hydroxylation is 3. The van der Waals surface area contributed by atoms with Crippen LogP contribution in [-0.2, 0) is 9.47 Å². The number of nitrogens with one attached hydrogen (secondary N) is 1. The third kappa shape index (κ3) is 4.17. The fourth-order valence-electron chi connectivity index (χ4n) is 3.15. The Morgan fingerprint density at radius 3 is 2.30 bits per heavy atom. The van der Waals surface area contributed by atoms with Gasteiger partial charge in [0.1, 0.15) is 5.76 Å². The summed E-state index contributed by atoms with van der Waals surface area (Å²) >= 11 is 0. The molecule has 8 heteroatoms. The van der Waals surface area contributed by atoms with Gasteiger partial charge in [0, 0.05) is 17.0 Å². The van der Waals surface area contributed by atoms with E-state index in [1.807, 2.05) is 18.2 Å². The molecule has 0 fully saturated rings. The summed E-state index contributed by atoms with van der Waals surface area (Å²) < 4.78 is 15.7. The Morgan fingerprint density at radius 1 is 0.967 bits per heavy atom. The number of aromatic amines is 1. The zero-order chi connectivity index (χ0) is 21.8. The van der Waals surface area contributed by atoms with Gasteiger partial charge in [-0.15, -0.1) is 0 Å². The van der Waals surface area contributed by atoms with Crippen molar-refractivity contribution in [3.63, 3.8) is 0 Å². The minimum atomic E-state index is -0.783. The average molecular weight is 410 g/mol. The van der Waals surface area contributed by atoms with E-state index in [0.29, 0.717) is 17.0 Å². The molecule has 1 N–H and O–H groups in total. The number of Topliss-reactive ketones (excluding diaryl/α,β-unsaturated/α-hetero) is 1. The molecule has 2 heterocycles. The Morgan fingerprint density at radius 2 is 1.63 bits per heavy atom. The molecule has 0 unspecified atom stereocenters. The van der Waals surface area contributed by atoms with Crippen molar-refractivity contribution < 1.29 is 28.3 Å². The van der Waals surface area contributed by atoms with Gasteiger partial charge in [-0.2, -0.15) is 0 Å². The minimum Gasteiger partial charge on any atom is -0.462 e. The molecule has 0 radical (unpaired) electrons. The van der Waals surface area contributed by atoms with Gasteiger partial charge < -0.3 is 18.9 Å². The van der Waals surface area contributed by atoms with Crippen LogP contribution >= 0.6 is 0 Å². The van der Waals surface area contributed by atoms with Crippen LogP contribution in [0, 0.1) is 20.8 Å². The van der Waals surface area contributed by atoms with Crippen LogP contribution in [-0.4, -0.2) is 40.9 Å². The SMILES string of the molecule is CCOC(=O)c1c(C)[nH]c(C)c1C(=O)COC(=O)c1nc(-c2ccccc2)oc1C. The van der Waals surface area contributed by atoms with Gasteiger partial charge in [0.15, 0.2) is 12.3 Å². The van der Waals surface area contributed by atoms with E-state index in [2.05, 4.69) is 9.97 Å². The Balaban J connectivity index is 1.75. The van der Waals surface area contributed by atoms with Crippen LogP contribution in [0.2, 0.25) is 0 Å². The van der Waals surface area contributed by atoms with Crippen LogP contribution in [0.1, 0.15) is 55.3 Å². The maximum absolute atomic E-state index is 12.7. The first kappa shape index (κ1) is 21.0. The lowest BCUT2D eigenvalue weighted by atomic mass is 10.1. The van der Waals surface area contributed by atoms with Crippen molar-refractivity contribution in [1.29, 1.82) is 0 Å². The first-order valence-electron chi connectivity index (χ1n) is 9.42. The minimum absolute atomic E-state index is 0.00533. The summed E-state index contributed by atoms with van der Waals surface area (Å²) in [6, 6.07) is 9.12. The molecular formula is C22H22N2O6. The van der Waals surface area contributed by atoms with E-state index in [-0.39, 0.29) is 35.1 Å². The Hall–Kier alpha value is -3.68. The van der Waals surface area contributed by atoms with Gasteiger partial charge >= 0.3 is 11.9 Å². The highest BCUT2D eigenvalue weighted by atomic mass is 16.5. The van der Waals surface area contributed by atoms with Crippen molar-refractivity contribution in [2.75, 3.05) is 13.2 Å². The summed E-state index contributed by atoms with van der Waals surface area (Å²) in [6.07, 6.45) is 0. The van der Waals surface area contributed by atoms with E-state index >= 15 is 0 Å². The summed E-state index contributed by atoms with van der Waals surface area (Å²) in [4.78, 5) is 44.5. The largest absolute Gasteiger partial charge is 0.462 e. The summed E-state index contributed by atoms with van der Waals surface area (Å²) in [5.41, 5.74) is 2.03. The average Bonchev–Trinajstić information content (AvgIpc) is 3.25. The molecule has 0 saturated heterocycles. The zero-order valence-electron chi connectivity index (χ0n) is 17.2. The van der Waals surface area contributed by atoms with Crippen LogP contribution in [0.25, 0.3) is 11.5 Å². The molecule has 0 aliphatic carbocycles. The summed E-state index contributed by atoms with van der Waals surface area (Å²) in [5.74, 6) is -1.33. The second kappa shape index (κ2) is 8.77. The van der Waals surface area contributed by atoms with Gasteiger partial charge in [-0.25, -0.2) is 14.6 Å². The van der Waals surface area contributed by atoms with E-state index in [1.165, 1.54) is 0 Å². The van der Waals surface area contributed by atoms with Crippen LogP contribution < -0.4 is 0 Å². The number of oxazole rings is 1. The van der Waals surface area contributed by atoms with E-state index < -0.39 is 24.3 Å². The van der Waals surface area contributed by atoms with E-state index in [0.717, 1.165) is 0 Å². The number of carbonyl (C=O) groups is 3. The highest BCUT2D eigenvalue weighted by molar-refractivity contribution is 6.09. The quantitative estimate of drug-likeness (QED) is 0.466. The van der Waals surface area contributed by atoms with Gasteiger partial charge in [-0.05, 0) is 39.8 Å². The standard InChI is InChI=1S/C22H22N2O6/c1-5-28-21(26)18-13(3)23-12(2)17(18)16(25)11-29-22(27)19-14(4)30-20(24-19)15-9-7-6-8-10-15/h6-10,23H,5,11H2,1-4H3. The maximum atomic E-state index is 12.7. The molecule has 3 aromatic rings. The molecule has 0 amide bonds. The van der Waals surface area contributed by atoms with Gasteiger partial charge in [-0.3, -0.25) is 4.79 Å². The number of rotatable bonds is 7. The third-order valence-corrected chi connectivity index (χ3v) is 4.48. The van der Waals surface area contributed by atoms with E-state index in [1.54, 1.807) is 39.8 Å². The molecule has 8 nitrogen and oxygen atoms in total. The Bertz CT molecular complexity index is 1090. The molecule has 0 aliphatic rings. The van der Waals surface area contributed by atoms with Crippen LogP contribution in [0.5, 0.6) is 0 Å². The number of benzene rings is 1. The van der Waals surface area contributed by atoms with Gasteiger partial charge in [0.2, 0.25) is 11.7 Å². The Labute approximate surface area is 173 Å². The predicted molar refractivity (Wildman–Crippen MR) is 108 cm³/mol. The number of ether oxygens (including phenoxy) is 2. The molecule has 30 heavy (non-hydrogen) atoms. The van der Waals surface area contributed by atoms with Gasteiger partial charge in [-0.1, -0.05) is 18.2 Å². The highest BCUT2D eigenvalue weighted by Gasteiger charge is 2.27. The fourth-order valence-corrected chi connectivity index (χ4v) is 3.15. The van der Waals surface area contributed by atoms with E-state index in [9.17, 15) is 14.4 Å². The van der Waals surface area contributed by atoms with Crippen molar-refractivity contribution in [2.45, 2.75) is 27.7 Å². The van der Waals surface area contributed by atoms with Crippen molar-refractivity contribution in [1.82, 2.24) is 9.97 Å². The molecule has 0 aliphatic heterocycles. The summed E-state index contributed by atoms with van der Waals surface area (Å²) in [6.45, 7) is 6.25. The lowest BCUT2D eigenvalue weighted by molar-refractivity contribution is 0.0465.